The number of rotatable bonds is 6. The van der Waals surface area contributed by atoms with Crippen LogP contribution in [0.25, 0.3) is 11.0 Å². The van der Waals surface area contributed by atoms with E-state index in [1.165, 1.54) is 0 Å². The number of nitrogens with zero attached hydrogens (tertiary/aromatic N) is 3. The Morgan fingerprint density at radius 3 is 2.48 bits per heavy atom. The lowest BCUT2D eigenvalue weighted by Gasteiger charge is -2.36. The Bertz CT molecular complexity index is 513. The lowest BCUT2D eigenvalue weighted by atomic mass is 10.1. The molecule has 0 saturated carbocycles. The van der Waals surface area contributed by atoms with Gasteiger partial charge in [0.25, 0.3) is 0 Å². The van der Waals surface area contributed by atoms with Crippen molar-refractivity contribution in [3.05, 3.63) is 35.2 Å². The molecule has 0 unspecified atom stereocenters. The van der Waals surface area contributed by atoms with Gasteiger partial charge in [0.15, 0.2) is 6.29 Å². The highest BCUT2D eigenvalue weighted by atomic mass is 16.5. The first-order valence-corrected chi connectivity index (χ1v) is 7.07. The molecule has 1 saturated heterocycles. The molecule has 0 N–H and O–H groups in total. The summed E-state index contributed by atoms with van der Waals surface area (Å²) < 4.78 is 5.10. The summed E-state index contributed by atoms with van der Waals surface area (Å²) in [6.07, 6.45) is 0.601. The Morgan fingerprint density at radius 2 is 1.95 bits per heavy atom. The molecule has 1 heterocycles. The van der Waals surface area contributed by atoms with Gasteiger partial charge >= 0.3 is 0 Å². The van der Waals surface area contributed by atoms with Crippen LogP contribution in [0, 0.1) is 0 Å². The third kappa shape index (κ3) is 4.02. The van der Waals surface area contributed by atoms with Crippen LogP contribution in [-0.4, -0.2) is 63.5 Å². The molecular formula is C16H20N3O2-. The maximum atomic E-state index is 10.8. The first-order chi connectivity index (χ1) is 10.3. The van der Waals surface area contributed by atoms with Crippen molar-refractivity contribution in [3.63, 3.8) is 0 Å². The first-order valence-electron chi connectivity index (χ1n) is 7.07. The topological polar surface area (TPSA) is 55.1 Å². The second-order valence-electron chi connectivity index (χ2n) is 5.01. The number of allylic oxidation sites excluding steroid dienone is 1. The van der Waals surface area contributed by atoms with E-state index in [9.17, 15) is 4.79 Å². The summed E-state index contributed by atoms with van der Waals surface area (Å²) in [5, 5.41) is 8.85. The molecule has 0 amide bonds. The maximum Gasteiger partial charge on any atom is 0.156 e. The minimum absolute atomic E-state index is 0.172. The molecule has 1 aliphatic heterocycles. The number of methoxy groups -OCH3 is 1. The van der Waals surface area contributed by atoms with Gasteiger partial charge in [0.05, 0.1) is 6.61 Å². The minimum atomic E-state index is 0.172. The third-order valence-corrected chi connectivity index (χ3v) is 3.77. The summed E-state index contributed by atoms with van der Waals surface area (Å²) in [5.41, 5.74) is 1.98. The van der Waals surface area contributed by atoms with Crippen molar-refractivity contribution in [1.82, 2.24) is 4.90 Å². The number of piperazine rings is 1. The fourth-order valence-corrected chi connectivity index (χ4v) is 2.46. The number of carbonyl (C=O) groups excluding carboxylic acids is 1. The van der Waals surface area contributed by atoms with Crippen molar-refractivity contribution in [2.24, 2.45) is 0 Å². The molecule has 0 atom stereocenters. The van der Waals surface area contributed by atoms with Crippen molar-refractivity contribution >= 4 is 23.4 Å². The van der Waals surface area contributed by atoms with Gasteiger partial charge in [-0.25, -0.2) is 0 Å². The Hall–Kier alpha value is -1.94. The lowest BCUT2D eigenvalue weighted by molar-refractivity contribution is -0.103. The zero-order valence-electron chi connectivity index (χ0n) is 12.3. The Kier molecular flexibility index (Phi) is 5.69. The van der Waals surface area contributed by atoms with Crippen LogP contribution < -0.4 is 4.90 Å². The number of carbonyl (C=O) groups is 1. The molecule has 1 aromatic rings. The summed E-state index contributed by atoms with van der Waals surface area (Å²) in [6, 6.07) is 7.61. The van der Waals surface area contributed by atoms with Crippen LogP contribution in [0.4, 0.5) is 5.69 Å². The summed E-state index contributed by atoms with van der Waals surface area (Å²) in [4.78, 5) is 15.5. The highest BCUT2D eigenvalue weighted by molar-refractivity contribution is 6.19. The number of ether oxygens (including phenoxy) is 1. The molecule has 112 valence electrons. The Morgan fingerprint density at radius 1 is 1.29 bits per heavy atom. The summed E-state index contributed by atoms with van der Waals surface area (Å²) in [6.45, 7) is 5.75. The second kappa shape index (κ2) is 7.74. The van der Waals surface area contributed by atoms with Crippen LogP contribution in [0.2, 0.25) is 0 Å². The smallest absolute Gasteiger partial charge is 0.156 e. The van der Waals surface area contributed by atoms with E-state index in [0.29, 0.717) is 11.8 Å². The van der Waals surface area contributed by atoms with Crippen molar-refractivity contribution in [2.45, 2.75) is 0 Å². The molecule has 0 spiro atoms. The van der Waals surface area contributed by atoms with E-state index >= 15 is 0 Å². The van der Waals surface area contributed by atoms with Gasteiger partial charge in [-0.1, -0.05) is 12.1 Å². The average Bonchev–Trinajstić information content (AvgIpc) is 2.55. The quantitative estimate of drug-likeness (QED) is 0.449. The standard InChI is InChI=1S/C16H20N3O2/c1-21-11-10-18-6-8-19(9-7-18)16-4-2-14(3-5-16)15(12-17)13-20/h2-5,13H,6-11H2,1H3/q-1. The zero-order chi connectivity index (χ0) is 15.1. The molecule has 2 rings (SSSR count). The zero-order valence-corrected chi connectivity index (χ0v) is 12.3. The van der Waals surface area contributed by atoms with Crippen LogP contribution in [0.1, 0.15) is 5.56 Å². The molecule has 0 bridgehead atoms. The molecule has 1 aromatic carbocycles. The molecule has 0 aliphatic carbocycles. The lowest BCUT2D eigenvalue weighted by Crippen LogP contribution is -2.47. The van der Waals surface area contributed by atoms with Crippen LogP contribution >= 0.6 is 0 Å². The van der Waals surface area contributed by atoms with Gasteiger partial charge in [-0.2, -0.15) is 0 Å². The highest BCUT2D eigenvalue weighted by Gasteiger charge is 2.16. The first kappa shape index (κ1) is 15.4. The van der Waals surface area contributed by atoms with E-state index < -0.39 is 0 Å². The molecule has 0 radical (unpaired) electrons. The van der Waals surface area contributed by atoms with Crippen LogP contribution in [0.5, 0.6) is 0 Å². The molecule has 21 heavy (non-hydrogen) atoms. The van der Waals surface area contributed by atoms with Gasteiger partial charge in [0, 0.05) is 51.1 Å². The van der Waals surface area contributed by atoms with Gasteiger partial charge in [0.2, 0.25) is 0 Å². The van der Waals surface area contributed by atoms with Gasteiger partial charge in [0.1, 0.15) is 0 Å². The van der Waals surface area contributed by atoms with Crippen LogP contribution in [-0.2, 0) is 9.53 Å². The SMILES string of the molecule is COCCN1CCN(c2ccc(C(=C=[N-])C=O)cc2)CC1. The number of hydrogen-bond acceptors (Lipinski definition) is 4. The normalized spacial score (nSPS) is 15.6. The predicted octanol–water partition coefficient (Wildman–Crippen LogP) is 1.28. The predicted molar refractivity (Wildman–Crippen MR) is 84.8 cm³/mol. The molecule has 5 nitrogen and oxygen atoms in total. The molecular weight excluding hydrogens is 266 g/mol. The number of anilines is 1. The van der Waals surface area contributed by atoms with Gasteiger partial charge < -0.3 is 15.0 Å². The van der Waals surface area contributed by atoms with Crippen molar-refractivity contribution in [2.75, 3.05) is 51.3 Å². The van der Waals surface area contributed by atoms with Crippen LogP contribution in [0.15, 0.2) is 24.3 Å². The summed E-state index contributed by atoms with van der Waals surface area (Å²) in [7, 11) is 1.73. The number of benzene rings is 1. The van der Waals surface area contributed by atoms with E-state index in [1.807, 2.05) is 30.1 Å². The molecule has 1 fully saturated rings. The van der Waals surface area contributed by atoms with Crippen molar-refractivity contribution in [3.8, 4) is 0 Å². The van der Waals surface area contributed by atoms with E-state index in [4.69, 9.17) is 10.1 Å². The summed E-state index contributed by atoms with van der Waals surface area (Å²) in [5.74, 6) is 1.91. The monoisotopic (exact) mass is 286 g/mol. The highest BCUT2D eigenvalue weighted by Crippen LogP contribution is 2.19. The third-order valence-electron chi connectivity index (χ3n) is 3.77. The summed E-state index contributed by atoms with van der Waals surface area (Å²) >= 11 is 0. The van der Waals surface area contributed by atoms with Gasteiger partial charge in [-0.05, 0) is 17.7 Å². The average molecular weight is 286 g/mol. The van der Waals surface area contributed by atoms with E-state index in [-0.39, 0.29) is 5.57 Å². The fraction of sp³-hybridized carbons (Fsp3) is 0.438. The fourth-order valence-electron chi connectivity index (χ4n) is 2.46. The Labute approximate surface area is 125 Å². The number of hydrogen-bond donors (Lipinski definition) is 0. The maximum absolute atomic E-state index is 10.8. The van der Waals surface area contributed by atoms with Crippen LogP contribution in [0.3, 0.4) is 0 Å². The van der Waals surface area contributed by atoms with Crippen molar-refractivity contribution < 1.29 is 9.53 Å². The van der Waals surface area contributed by atoms with E-state index in [2.05, 4.69) is 9.80 Å². The molecule has 0 aromatic heterocycles. The van der Waals surface area contributed by atoms with E-state index in [0.717, 1.165) is 45.0 Å². The van der Waals surface area contributed by atoms with Crippen molar-refractivity contribution in [1.29, 1.82) is 0 Å². The Balaban J connectivity index is 1.95. The number of aldehydes is 1. The largest absolute Gasteiger partial charge is 0.763 e. The second-order valence-corrected chi connectivity index (χ2v) is 5.01. The molecule has 5 heteroatoms. The van der Waals surface area contributed by atoms with Gasteiger partial charge in [-0.15, -0.1) is 0 Å². The molecule has 1 aliphatic rings. The van der Waals surface area contributed by atoms with E-state index in [1.54, 1.807) is 7.11 Å². The minimum Gasteiger partial charge on any atom is -0.763 e. The van der Waals surface area contributed by atoms with Gasteiger partial charge in [-0.3, -0.25) is 15.6 Å².